The molecular weight excluding hydrogens is 368 g/mol. The highest BCUT2D eigenvalue weighted by Gasteiger charge is 2.29. The fourth-order valence-electron chi connectivity index (χ4n) is 2.85. The summed E-state index contributed by atoms with van der Waals surface area (Å²) in [7, 11) is 0. The van der Waals surface area contributed by atoms with Gasteiger partial charge in [-0.25, -0.2) is 0 Å². The van der Waals surface area contributed by atoms with E-state index in [-0.39, 0.29) is 0 Å². The van der Waals surface area contributed by atoms with Crippen LogP contribution >= 0.6 is 23.1 Å². The van der Waals surface area contributed by atoms with Gasteiger partial charge in [0.25, 0.3) is 0 Å². The molecule has 8 heteroatoms. The first-order valence-corrected chi connectivity index (χ1v) is 10.3. The van der Waals surface area contributed by atoms with E-state index in [1.807, 2.05) is 18.2 Å². The minimum absolute atomic E-state index is 0.540. The second kappa shape index (κ2) is 6.77. The maximum atomic E-state index is 5.36. The van der Waals surface area contributed by atoms with Crippen LogP contribution in [0.1, 0.15) is 35.3 Å². The molecular formula is C18H16N4O2S2. The minimum Gasteiger partial charge on any atom is -0.461 e. The number of nitrogens with zero attached hydrogens (tertiary/aromatic N) is 4. The Balaban J connectivity index is 1.32. The maximum Gasteiger partial charge on any atom is 0.202 e. The summed E-state index contributed by atoms with van der Waals surface area (Å²) in [5.41, 5.74) is 0.867. The fraction of sp³-hybridized carbons (Fsp3) is 0.278. The zero-order valence-corrected chi connectivity index (χ0v) is 15.5. The summed E-state index contributed by atoms with van der Waals surface area (Å²) in [6.45, 7) is 0. The van der Waals surface area contributed by atoms with Crippen LogP contribution in [0.3, 0.4) is 0 Å². The third-order valence-electron chi connectivity index (χ3n) is 4.23. The molecule has 6 nitrogen and oxygen atoms in total. The summed E-state index contributed by atoms with van der Waals surface area (Å²) in [4.78, 5) is 1.32. The van der Waals surface area contributed by atoms with Crippen LogP contribution in [-0.2, 0) is 12.2 Å². The number of furan rings is 1. The van der Waals surface area contributed by atoms with Gasteiger partial charge in [0.05, 0.1) is 12.0 Å². The predicted molar refractivity (Wildman–Crippen MR) is 99.2 cm³/mol. The first-order chi connectivity index (χ1) is 12.9. The zero-order valence-electron chi connectivity index (χ0n) is 13.9. The maximum absolute atomic E-state index is 5.36. The van der Waals surface area contributed by atoms with Crippen LogP contribution in [0.5, 0.6) is 0 Å². The molecule has 0 bridgehead atoms. The Hall–Kier alpha value is -2.32. The van der Waals surface area contributed by atoms with Gasteiger partial charge in [0.1, 0.15) is 5.82 Å². The van der Waals surface area contributed by atoms with Gasteiger partial charge in [0.2, 0.25) is 5.76 Å². The van der Waals surface area contributed by atoms with Gasteiger partial charge >= 0.3 is 0 Å². The summed E-state index contributed by atoms with van der Waals surface area (Å²) in [6.07, 6.45) is 4.87. The molecule has 4 aromatic heterocycles. The quantitative estimate of drug-likeness (QED) is 0.426. The monoisotopic (exact) mass is 384 g/mol. The summed E-state index contributed by atoms with van der Waals surface area (Å²) in [6, 6.07) is 10.4. The van der Waals surface area contributed by atoms with Gasteiger partial charge in [-0.3, -0.25) is 0 Å². The van der Waals surface area contributed by atoms with E-state index >= 15 is 0 Å². The van der Waals surface area contributed by atoms with E-state index in [0.717, 1.165) is 23.1 Å². The normalized spacial score (nSPS) is 14.2. The highest BCUT2D eigenvalue weighted by Crippen LogP contribution is 2.39. The molecule has 5 rings (SSSR count). The molecule has 0 aromatic carbocycles. The van der Waals surface area contributed by atoms with Gasteiger partial charge in [0.15, 0.2) is 10.9 Å². The average molecular weight is 384 g/mol. The van der Waals surface area contributed by atoms with E-state index < -0.39 is 0 Å². The second-order valence-corrected chi connectivity index (χ2v) is 8.18. The molecule has 0 aliphatic heterocycles. The van der Waals surface area contributed by atoms with Crippen molar-refractivity contribution in [3.05, 3.63) is 58.4 Å². The van der Waals surface area contributed by atoms with Crippen LogP contribution in [0.4, 0.5) is 0 Å². The number of rotatable bonds is 7. The number of hydrogen-bond acceptors (Lipinski definition) is 7. The van der Waals surface area contributed by atoms with Crippen molar-refractivity contribution in [1.82, 2.24) is 19.9 Å². The predicted octanol–water partition coefficient (Wildman–Crippen LogP) is 4.81. The Morgan fingerprint density at radius 2 is 2.15 bits per heavy atom. The molecule has 0 amide bonds. The van der Waals surface area contributed by atoms with Gasteiger partial charge in [-0.2, -0.15) is 0 Å². The van der Waals surface area contributed by atoms with E-state index in [1.165, 1.54) is 17.7 Å². The van der Waals surface area contributed by atoms with Gasteiger partial charge in [-0.1, -0.05) is 23.0 Å². The lowest BCUT2D eigenvalue weighted by Crippen LogP contribution is -2.03. The molecule has 1 fully saturated rings. The van der Waals surface area contributed by atoms with Crippen molar-refractivity contribution >= 4 is 23.1 Å². The van der Waals surface area contributed by atoms with Gasteiger partial charge < -0.3 is 13.5 Å². The van der Waals surface area contributed by atoms with Gasteiger partial charge in [-0.15, -0.1) is 21.5 Å². The first-order valence-electron chi connectivity index (χ1n) is 8.45. The molecule has 4 aromatic rings. The summed E-state index contributed by atoms with van der Waals surface area (Å²) in [5.74, 6) is 3.07. The van der Waals surface area contributed by atoms with E-state index in [4.69, 9.17) is 8.94 Å². The molecule has 26 heavy (non-hydrogen) atoms. The van der Waals surface area contributed by atoms with Gasteiger partial charge in [-0.05, 0) is 36.4 Å². The lowest BCUT2D eigenvalue weighted by Gasteiger charge is -2.07. The first kappa shape index (κ1) is 15.9. The Labute approximate surface area is 158 Å². The second-order valence-electron chi connectivity index (χ2n) is 6.20. The number of thioether (sulfide) groups is 1. The Kier molecular flexibility index (Phi) is 4.14. The molecule has 1 saturated carbocycles. The zero-order chi connectivity index (χ0) is 17.3. The SMILES string of the molecule is c1coc(-c2cc(CSc3nnc(Cc4cccs4)n3C3CC3)no2)c1. The Morgan fingerprint density at radius 3 is 2.92 bits per heavy atom. The summed E-state index contributed by atoms with van der Waals surface area (Å²) < 4.78 is 13.0. The van der Waals surface area contributed by atoms with E-state index in [0.29, 0.717) is 23.3 Å². The molecule has 0 saturated heterocycles. The molecule has 1 aliphatic rings. The van der Waals surface area contributed by atoms with Crippen LogP contribution in [-0.4, -0.2) is 19.9 Å². The molecule has 4 heterocycles. The molecule has 1 aliphatic carbocycles. The van der Waals surface area contributed by atoms with Crippen molar-refractivity contribution in [2.24, 2.45) is 0 Å². The summed E-state index contributed by atoms with van der Waals surface area (Å²) in [5, 5.41) is 16.1. The van der Waals surface area contributed by atoms with Crippen molar-refractivity contribution in [2.75, 3.05) is 0 Å². The van der Waals surface area contributed by atoms with Crippen molar-refractivity contribution in [2.45, 2.75) is 36.2 Å². The molecule has 0 N–H and O–H groups in total. The number of hydrogen-bond donors (Lipinski definition) is 0. The van der Waals surface area contributed by atoms with E-state index in [9.17, 15) is 0 Å². The highest BCUT2D eigenvalue weighted by molar-refractivity contribution is 7.98. The average Bonchev–Trinajstić information content (AvgIpc) is 3.17. The largest absolute Gasteiger partial charge is 0.461 e. The van der Waals surface area contributed by atoms with Crippen LogP contribution in [0.15, 0.2) is 56.1 Å². The highest BCUT2D eigenvalue weighted by atomic mass is 32.2. The van der Waals surface area contributed by atoms with E-state index in [1.54, 1.807) is 29.4 Å². The molecule has 0 radical (unpaired) electrons. The van der Waals surface area contributed by atoms with Crippen LogP contribution in [0.25, 0.3) is 11.5 Å². The topological polar surface area (TPSA) is 69.9 Å². The van der Waals surface area contributed by atoms with Crippen LogP contribution in [0, 0.1) is 0 Å². The van der Waals surface area contributed by atoms with Crippen molar-refractivity contribution in [3.8, 4) is 11.5 Å². The van der Waals surface area contributed by atoms with Gasteiger partial charge in [0, 0.05) is 29.2 Å². The third-order valence-corrected chi connectivity index (χ3v) is 6.08. The number of aromatic nitrogens is 4. The number of thiophene rings is 1. The molecule has 0 unspecified atom stereocenters. The minimum atomic E-state index is 0.540. The lowest BCUT2D eigenvalue weighted by molar-refractivity contribution is 0.413. The standard InChI is InChI=1S/C18H16N4O2S2/c1-4-15(23-7-1)16-9-12(21-24-16)11-26-18-20-19-17(22(18)13-5-6-13)10-14-3-2-8-25-14/h1-4,7-9,13H,5-6,10-11H2. The third kappa shape index (κ3) is 3.22. The Bertz CT molecular complexity index is 985. The Morgan fingerprint density at radius 1 is 1.19 bits per heavy atom. The fourth-order valence-corrected chi connectivity index (χ4v) is 4.45. The molecule has 0 atom stereocenters. The summed E-state index contributed by atoms with van der Waals surface area (Å²) >= 11 is 3.41. The van der Waals surface area contributed by atoms with Crippen molar-refractivity contribution in [1.29, 1.82) is 0 Å². The molecule has 0 spiro atoms. The van der Waals surface area contributed by atoms with E-state index in [2.05, 4.69) is 37.4 Å². The van der Waals surface area contributed by atoms with Crippen LogP contribution < -0.4 is 0 Å². The molecule has 132 valence electrons. The van der Waals surface area contributed by atoms with Crippen molar-refractivity contribution < 1.29 is 8.94 Å². The van der Waals surface area contributed by atoms with Crippen molar-refractivity contribution in [3.63, 3.8) is 0 Å². The lowest BCUT2D eigenvalue weighted by atomic mass is 10.3. The van der Waals surface area contributed by atoms with Crippen LogP contribution in [0.2, 0.25) is 0 Å². The smallest absolute Gasteiger partial charge is 0.202 e.